The Morgan fingerprint density at radius 3 is 2.33 bits per heavy atom. The summed E-state index contributed by atoms with van der Waals surface area (Å²) >= 11 is 0. The summed E-state index contributed by atoms with van der Waals surface area (Å²) in [7, 11) is 4.13. The normalized spacial score (nSPS) is 16.0. The van der Waals surface area contributed by atoms with Crippen molar-refractivity contribution in [1.82, 2.24) is 24.6 Å². The number of rotatable bonds is 2. The Bertz CT molecular complexity index is 859. The second kappa shape index (κ2) is 5.87. The minimum atomic E-state index is 0.825. The van der Waals surface area contributed by atoms with E-state index in [9.17, 15) is 0 Å². The van der Waals surface area contributed by atoms with Crippen LogP contribution in [0.3, 0.4) is 0 Å². The predicted octanol–water partition coefficient (Wildman–Crippen LogP) is 2.09. The number of fused-ring (bicyclic) bond motifs is 1. The minimum Gasteiger partial charge on any atom is -0.338 e. The number of aromatic nitrogens is 4. The van der Waals surface area contributed by atoms with E-state index in [1.807, 2.05) is 31.0 Å². The number of piperazine rings is 1. The number of nitrogens with zero attached hydrogens (tertiary/aromatic N) is 6. The van der Waals surface area contributed by atoms with Crippen LogP contribution in [0.4, 0.5) is 5.95 Å². The van der Waals surface area contributed by atoms with Crippen molar-refractivity contribution in [2.24, 2.45) is 7.05 Å². The zero-order valence-corrected chi connectivity index (χ0v) is 14.4. The lowest BCUT2D eigenvalue weighted by Crippen LogP contribution is -2.45. The van der Waals surface area contributed by atoms with Gasteiger partial charge < -0.3 is 9.80 Å². The molecule has 0 radical (unpaired) electrons. The van der Waals surface area contributed by atoms with Gasteiger partial charge in [-0.05, 0) is 31.7 Å². The van der Waals surface area contributed by atoms with Gasteiger partial charge >= 0.3 is 0 Å². The topological polar surface area (TPSA) is 50.1 Å². The molecule has 0 amide bonds. The van der Waals surface area contributed by atoms with Crippen LogP contribution in [0.2, 0.25) is 0 Å². The van der Waals surface area contributed by atoms with Gasteiger partial charge in [0.05, 0.1) is 11.2 Å². The van der Waals surface area contributed by atoms with Gasteiger partial charge in [0.1, 0.15) is 0 Å². The zero-order valence-electron chi connectivity index (χ0n) is 14.4. The lowest BCUT2D eigenvalue weighted by Gasteiger charge is -2.32. The molecule has 1 aliphatic rings. The molecule has 24 heavy (non-hydrogen) atoms. The lowest BCUT2D eigenvalue weighted by atomic mass is 10.1. The predicted molar refractivity (Wildman–Crippen MR) is 96.2 cm³/mol. The Hall–Kier alpha value is -2.47. The van der Waals surface area contributed by atoms with E-state index in [2.05, 4.69) is 50.1 Å². The Kier molecular flexibility index (Phi) is 3.69. The molecule has 124 valence electrons. The number of hydrogen-bond donors (Lipinski definition) is 0. The average molecular weight is 322 g/mol. The van der Waals surface area contributed by atoms with Crippen molar-refractivity contribution in [2.45, 2.75) is 6.92 Å². The Morgan fingerprint density at radius 1 is 0.917 bits per heavy atom. The molecule has 0 atom stereocenters. The molecule has 0 N–H and O–H groups in total. The van der Waals surface area contributed by atoms with Crippen molar-refractivity contribution in [3.05, 3.63) is 36.3 Å². The van der Waals surface area contributed by atoms with E-state index >= 15 is 0 Å². The fraction of sp³-hybridized carbons (Fsp3) is 0.389. The molecule has 0 bridgehead atoms. The molecular formula is C18H22N6. The van der Waals surface area contributed by atoms with Crippen LogP contribution >= 0.6 is 0 Å². The summed E-state index contributed by atoms with van der Waals surface area (Å²) in [5.41, 5.74) is 4.36. The Morgan fingerprint density at radius 2 is 1.62 bits per heavy atom. The van der Waals surface area contributed by atoms with Gasteiger partial charge in [-0.25, -0.2) is 9.97 Å². The average Bonchev–Trinajstić information content (AvgIpc) is 2.90. The molecule has 6 nitrogen and oxygen atoms in total. The number of aryl methyl sites for hydroxylation is 2. The summed E-state index contributed by atoms with van der Waals surface area (Å²) in [6.07, 6.45) is 3.85. The standard InChI is InChI=1S/C18H22N6/c1-13-16-10-14(4-5-17(16)23(3)21-13)15-11-19-18(20-12-15)24-8-6-22(2)7-9-24/h4-5,10-12H,6-9H2,1-3H3. The minimum absolute atomic E-state index is 0.825. The highest BCUT2D eigenvalue weighted by atomic mass is 15.3. The first-order chi connectivity index (χ1) is 11.6. The fourth-order valence-electron chi connectivity index (χ4n) is 3.26. The van der Waals surface area contributed by atoms with Crippen molar-refractivity contribution >= 4 is 16.9 Å². The third-order valence-corrected chi connectivity index (χ3v) is 4.79. The van der Waals surface area contributed by atoms with Crippen LogP contribution in [-0.2, 0) is 7.05 Å². The maximum Gasteiger partial charge on any atom is 0.225 e. The fourth-order valence-corrected chi connectivity index (χ4v) is 3.26. The lowest BCUT2D eigenvalue weighted by molar-refractivity contribution is 0.311. The van der Waals surface area contributed by atoms with Crippen molar-refractivity contribution in [3.63, 3.8) is 0 Å². The summed E-state index contributed by atoms with van der Waals surface area (Å²) in [6, 6.07) is 6.39. The van der Waals surface area contributed by atoms with Crippen LogP contribution in [0.25, 0.3) is 22.0 Å². The summed E-state index contributed by atoms with van der Waals surface area (Å²) in [4.78, 5) is 13.8. The molecule has 0 saturated carbocycles. The zero-order chi connectivity index (χ0) is 16.7. The van der Waals surface area contributed by atoms with Crippen LogP contribution in [0, 0.1) is 6.92 Å². The highest BCUT2D eigenvalue weighted by Crippen LogP contribution is 2.26. The van der Waals surface area contributed by atoms with Gasteiger partial charge in [0.15, 0.2) is 0 Å². The van der Waals surface area contributed by atoms with Crippen LogP contribution in [-0.4, -0.2) is 57.9 Å². The molecule has 3 heterocycles. The molecule has 1 fully saturated rings. The van der Waals surface area contributed by atoms with Gasteiger partial charge in [-0.2, -0.15) is 5.10 Å². The van der Waals surface area contributed by atoms with Gasteiger partial charge in [-0.15, -0.1) is 0 Å². The van der Waals surface area contributed by atoms with Crippen molar-refractivity contribution in [1.29, 1.82) is 0 Å². The Balaban J connectivity index is 1.62. The van der Waals surface area contributed by atoms with E-state index in [1.165, 1.54) is 5.39 Å². The van der Waals surface area contributed by atoms with Crippen molar-refractivity contribution < 1.29 is 0 Å². The van der Waals surface area contributed by atoms with E-state index in [1.54, 1.807) is 0 Å². The molecule has 3 aromatic rings. The summed E-state index contributed by atoms with van der Waals surface area (Å²) in [5.74, 6) is 0.825. The highest BCUT2D eigenvalue weighted by molar-refractivity contribution is 5.86. The molecule has 0 unspecified atom stereocenters. The van der Waals surface area contributed by atoms with E-state index < -0.39 is 0 Å². The van der Waals surface area contributed by atoms with Gasteiger partial charge in [0.25, 0.3) is 0 Å². The molecule has 6 heteroatoms. The van der Waals surface area contributed by atoms with Gasteiger partial charge in [-0.3, -0.25) is 4.68 Å². The summed E-state index contributed by atoms with van der Waals surface area (Å²) < 4.78 is 1.92. The molecule has 1 saturated heterocycles. The summed E-state index contributed by atoms with van der Waals surface area (Å²) in [6.45, 7) is 6.12. The second-order valence-electron chi connectivity index (χ2n) is 6.50. The number of anilines is 1. The molecule has 2 aromatic heterocycles. The molecular weight excluding hydrogens is 300 g/mol. The van der Waals surface area contributed by atoms with Gasteiger partial charge in [0, 0.05) is 56.6 Å². The number of hydrogen-bond acceptors (Lipinski definition) is 5. The first kappa shape index (κ1) is 15.1. The van der Waals surface area contributed by atoms with Gasteiger partial charge in [0.2, 0.25) is 5.95 Å². The third kappa shape index (κ3) is 2.63. The van der Waals surface area contributed by atoms with E-state index in [0.29, 0.717) is 0 Å². The molecule has 1 aliphatic heterocycles. The van der Waals surface area contributed by atoms with Crippen LogP contribution in [0.15, 0.2) is 30.6 Å². The van der Waals surface area contributed by atoms with Crippen molar-refractivity contribution in [2.75, 3.05) is 38.1 Å². The number of likely N-dealkylation sites (N-methyl/N-ethyl adjacent to an activating group) is 1. The van der Waals surface area contributed by atoms with Crippen LogP contribution < -0.4 is 4.90 Å². The SMILES string of the molecule is Cc1nn(C)c2ccc(-c3cnc(N4CCN(C)CC4)nc3)cc12. The van der Waals surface area contributed by atoms with Crippen molar-refractivity contribution in [3.8, 4) is 11.1 Å². The number of benzene rings is 1. The third-order valence-electron chi connectivity index (χ3n) is 4.79. The maximum atomic E-state index is 4.59. The van der Waals surface area contributed by atoms with Gasteiger partial charge in [-0.1, -0.05) is 6.07 Å². The second-order valence-corrected chi connectivity index (χ2v) is 6.50. The quantitative estimate of drug-likeness (QED) is 0.723. The summed E-state index contributed by atoms with van der Waals surface area (Å²) in [5, 5.41) is 5.66. The van der Waals surface area contributed by atoms with Crippen LogP contribution in [0.5, 0.6) is 0 Å². The van der Waals surface area contributed by atoms with E-state index in [4.69, 9.17) is 0 Å². The maximum absolute atomic E-state index is 4.59. The largest absolute Gasteiger partial charge is 0.338 e. The molecule has 1 aromatic carbocycles. The molecule has 4 rings (SSSR count). The van der Waals surface area contributed by atoms with E-state index in [-0.39, 0.29) is 0 Å². The Labute approximate surface area is 141 Å². The van der Waals surface area contributed by atoms with Crippen LogP contribution in [0.1, 0.15) is 5.69 Å². The van der Waals surface area contributed by atoms with E-state index in [0.717, 1.165) is 54.5 Å². The smallest absolute Gasteiger partial charge is 0.225 e. The highest BCUT2D eigenvalue weighted by Gasteiger charge is 2.16. The molecule has 0 spiro atoms. The first-order valence-corrected chi connectivity index (χ1v) is 8.31. The monoisotopic (exact) mass is 322 g/mol. The molecule has 0 aliphatic carbocycles. The first-order valence-electron chi connectivity index (χ1n) is 8.31.